The van der Waals surface area contributed by atoms with E-state index in [0.717, 1.165) is 34.8 Å². The fourth-order valence-electron chi connectivity index (χ4n) is 1.83. The summed E-state index contributed by atoms with van der Waals surface area (Å²) in [5.41, 5.74) is 0. The number of thioether (sulfide) groups is 1. The molecule has 1 aromatic carbocycles. The third-order valence-corrected chi connectivity index (χ3v) is 5.03. The lowest BCUT2D eigenvalue weighted by molar-refractivity contribution is 0.841. The van der Waals surface area contributed by atoms with Crippen molar-refractivity contribution in [2.24, 2.45) is 4.99 Å². The van der Waals surface area contributed by atoms with Crippen LogP contribution in [0.1, 0.15) is 16.8 Å². The monoisotopic (exact) mass is 368 g/mol. The molecule has 0 radical (unpaired) electrons. The van der Waals surface area contributed by atoms with E-state index in [9.17, 15) is 0 Å². The number of nitrogens with zero attached hydrogens (tertiary/aromatic N) is 2. The lowest BCUT2D eigenvalue weighted by Gasteiger charge is -2.10. The number of nitrogens with one attached hydrogen (secondary N) is 2. The van der Waals surface area contributed by atoms with Gasteiger partial charge in [0.2, 0.25) is 0 Å². The Morgan fingerprint density at radius 2 is 2.09 bits per heavy atom. The zero-order valence-corrected chi connectivity index (χ0v) is 15.7. The van der Waals surface area contributed by atoms with Gasteiger partial charge < -0.3 is 10.6 Å². The van der Waals surface area contributed by atoms with E-state index >= 15 is 0 Å². The summed E-state index contributed by atoms with van der Waals surface area (Å²) >= 11 is 9.36. The van der Waals surface area contributed by atoms with Gasteiger partial charge in [0.05, 0.1) is 6.54 Å². The van der Waals surface area contributed by atoms with Crippen molar-refractivity contribution >= 4 is 40.7 Å². The highest BCUT2D eigenvalue weighted by atomic mass is 35.5. The van der Waals surface area contributed by atoms with Gasteiger partial charge in [-0.2, -0.15) is 0 Å². The van der Waals surface area contributed by atoms with Gasteiger partial charge in [-0.1, -0.05) is 11.6 Å². The Morgan fingerprint density at radius 1 is 1.30 bits per heavy atom. The first-order chi connectivity index (χ1) is 11.2. The van der Waals surface area contributed by atoms with Crippen LogP contribution in [0.2, 0.25) is 5.02 Å². The fourth-order valence-corrected chi connectivity index (χ4v) is 3.44. The van der Waals surface area contributed by atoms with E-state index in [-0.39, 0.29) is 0 Å². The van der Waals surface area contributed by atoms with Gasteiger partial charge >= 0.3 is 0 Å². The third kappa shape index (κ3) is 6.81. The zero-order valence-electron chi connectivity index (χ0n) is 13.3. The van der Waals surface area contributed by atoms with E-state index in [1.54, 1.807) is 23.1 Å². The van der Waals surface area contributed by atoms with Gasteiger partial charge in [-0.05, 0) is 38.1 Å². The number of hydrogen-bond acceptors (Lipinski definition) is 4. The minimum Gasteiger partial charge on any atom is -0.357 e. The molecule has 2 aromatic rings. The molecular formula is C16H21ClN4S2. The van der Waals surface area contributed by atoms with E-state index in [1.807, 2.05) is 30.5 Å². The second kappa shape index (κ2) is 9.80. The molecule has 1 aromatic heterocycles. The Kier molecular flexibility index (Phi) is 7.71. The van der Waals surface area contributed by atoms with E-state index in [2.05, 4.69) is 34.5 Å². The Bertz CT molecular complexity index is 625. The molecule has 0 unspecified atom stereocenters. The van der Waals surface area contributed by atoms with Gasteiger partial charge in [0.25, 0.3) is 0 Å². The predicted molar refractivity (Wildman–Crippen MR) is 102 cm³/mol. The molecule has 124 valence electrons. The summed E-state index contributed by atoms with van der Waals surface area (Å²) in [5.74, 6) is 1.79. The highest BCUT2D eigenvalue weighted by molar-refractivity contribution is 7.99. The molecule has 23 heavy (non-hydrogen) atoms. The van der Waals surface area contributed by atoms with E-state index in [1.165, 1.54) is 9.77 Å². The number of rotatable bonds is 7. The number of hydrogen-bond donors (Lipinski definition) is 2. The van der Waals surface area contributed by atoms with Gasteiger partial charge in [-0.3, -0.25) is 0 Å². The normalized spacial score (nSPS) is 11.5. The maximum atomic E-state index is 5.89. The molecule has 0 aliphatic carbocycles. The second-order valence-corrected chi connectivity index (χ2v) is 7.71. The molecule has 1 heterocycles. The summed E-state index contributed by atoms with van der Waals surface area (Å²) in [6.07, 6.45) is 1.89. The number of guanidine groups is 1. The Labute approximate surface area is 150 Å². The maximum Gasteiger partial charge on any atom is 0.191 e. The minimum absolute atomic E-state index is 0.609. The highest BCUT2D eigenvalue weighted by Crippen LogP contribution is 2.19. The van der Waals surface area contributed by atoms with Crippen molar-refractivity contribution in [2.45, 2.75) is 25.3 Å². The van der Waals surface area contributed by atoms with Crippen LogP contribution in [0.4, 0.5) is 0 Å². The van der Waals surface area contributed by atoms with Gasteiger partial charge in [0, 0.05) is 39.8 Å². The van der Waals surface area contributed by atoms with Gasteiger partial charge in [-0.15, -0.1) is 23.1 Å². The summed E-state index contributed by atoms with van der Waals surface area (Å²) < 4.78 is 0. The van der Waals surface area contributed by atoms with Crippen molar-refractivity contribution in [1.29, 1.82) is 0 Å². The zero-order chi connectivity index (χ0) is 16.5. The van der Waals surface area contributed by atoms with Crippen LogP contribution in [0.3, 0.4) is 0 Å². The van der Waals surface area contributed by atoms with Crippen LogP contribution in [-0.2, 0) is 6.54 Å². The Balaban J connectivity index is 1.76. The van der Waals surface area contributed by atoms with Crippen LogP contribution in [0.15, 0.2) is 40.4 Å². The first-order valence-electron chi connectivity index (χ1n) is 7.49. The molecule has 0 aliphatic rings. The summed E-state index contributed by atoms with van der Waals surface area (Å²) in [6.45, 7) is 6.41. The topological polar surface area (TPSA) is 49.3 Å². The second-order valence-electron chi connectivity index (χ2n) is 4.79. The van der Waals surface area contributed by atoms with Crippen LogP contribution < -0.4 is 10.6 Å². The third-order valence-electron chi connectivity index (χ3n) is 2.86. The van der Waals surface area contributed by atoms with Gasteiger partial charge in [0.15, 0.2) is 5.96 Å². The van der Waals surface area contributed by atoms with Crippen LogP contribution in [-0.4, -0.2) is 29.8 Å². The SMILES string of the molecule is CCNC(=NCc1ncc(C)s1)NCCSc1ccc(Cl)cc1. The smallest absolute Gasteiger partial charge is 0.191 e. The summed E-state index contributed by atoms with van der Waals surface area (Å²) in [4.78, 5) is 11.3. The molecule has 0 fully saturated rings. The molecule has 2 N–H and O–H groups in total. The predicted octanol–water partition coefficient (Wildman–Crippen LogP) is 3.95. The van der Waals surface area contributed by atoms with Crippen molar-refractivity contribution in [3.05, 3.63) is 45.4 Å². The van der Waals surface area contributed by atoms with Gasteiger partial charge in [-0.25, -0.2) is 9.98 Å². The number of halogens is 1. The molecule has 7 heteroatoms. The molecule has 0 saturated heterocycles. The van der Waals surface area contributed by atoms with Crippen molar-refractivity contribution in [1.82, 2.24) is 15.6 Å². The summed E-state index contributed by atoms with van der Waals surface area (Å²) in [7, 11) is 0. The number of benzene rings is 1. The minimum atomic E-state index is 0.609. The quantitative estimate of drug-likeness (QED) is 0.336. The summed E-state index contributed by atoms with van der Waals surface area (Å²) in [6, 6.07) is 7.91. The molecule has 2 rings (SSSR count). The molecule has 4 nitrogen and oxygen atoms in total. The highest BCUT2D eigenvalue weighted by Gasteiger charge is 2.01. The van der Waals surface area contributed by atoms with Crippen molar-refractivity contribution in [3.63, 3.8) is 0 Å². The molecular weight excluding hydrogens is 348 g/mol. The van der Waals surface area contributed by atoms with Crippen molar-refractivity contribution in [2.75, 3.05) is 18.8 Å². The molecule has 0 bridgehead atoms. The Morgan fingerprint density at radius 3 is 2.74 bits per heavy atom. The molecule has 0 atom stereocenters. The van der Waals surface area contributed by atoms with Crippen LogP contribution in [0.5, 0.6) is 0 Å². The first-order valence-corrected chi connectivity index (χ1v) is 9.67. The average molecular weight is 369 g/mol. The van der Waals surface area contributed by atoms with Crippen molar-refractivity contribution < 1.29 is 0 Å². The van der Waals surface area contributed by atoms with E-state index in [4.69, 9.17) is 11.6 Å². The lowest BCUT2D eigenvalue weighted by Crippen LogP contribution is -2.38. The molecule has 0 aliphatic heterocycles. The van der Waals surface area contributed by atoms with Gasteiger partial charge in [0.1, 0.15) is 5.01 Å². The number of aliphatic imine (C=N–C) groups is 1. The van der Waals surface area contributed by atoms with Crippen LogP contribution in [0.25, 0.3) is 0 Å². The number of aromatic nitrogens is 1. The standard InChI is InChI=1S/C16H21ClN4S2/c1-3-18-16(21-11-15-20-10-12(2)23-15)19-8-9-22-14-6-4-13(17)5-7-14/h4-7,10H,3,8-9,11H2,1-2H3,(H2,18,19,21). The van der Waals surface area contributed by atoms with E-state index < -0.39 is 0 Å². The maximum absolute atomic E-state index is 5.89. The fraction of sp³-hybridized carbons (Fsp3) is 0.375. The summed E-state index contributed by atoms with van der Waals surface area (Å²) in [5, 5.41) is 8.41. The lowest BCUT2D eigenvalue weighted by atomic mass is 10.4. The molecule has 0 amide bonds. The molecule has 0 saturated carbocycles. The number of thiazole rings is 1. The van der Waals surface area contributed by atoms with Crippen LogP contribution >= 0.6 is 34.7 Å². The van der Waals surface area contributed by atoms with E-state index in [0.29, 0.717) is 6.54 Å². The number of aryl methyl sites for hydroxylation is 1. The first kappa shape index (κ1) is 18.1. The Hall–Kier alpha value is -1.24. The largest absolute Gasteiger partial charge is 0.357 e. The molecule has 0 spiro atoms. The van der Waals surface area contributed by atoms with Crippen molar-refractivity contribution in [3.8, 4) is 0 Å². The average Bonchev–Trinajstić information content (AvgIpc) is 2.96. The van der Waals surface area contributed by atoms with Crippen LogP contribution in [0, 0.1) is 6.92 Å².